The van der Waals surface area contributed by atoms with Gasteiger partial charge in [0.2, 0.25) is 11.8 Å². The van der Waals surface area contributed by atoms with Crippen molar-refractivity contribution >= 4 is 17.8 Å². The maximum Gasteiger partial charge on any atom is 0.352 e. The van der Waals surface area contributed by atoms with E-state index < -0.39 is 5.97 Å². The average Bonchev–Trinajstić information content (AvgIpc) is 2.56. The lowest BCUT2D eigenvalue weighted by molar-refractivity contribution is -0.144. The number of imide groups is 1. The molecule has 1 saturated carbocycles. The molecule has 0 spiro atoms. The summed E-state index contributed by atoms with van der Waals surface area (Å²) in [5.74, 6) is -2.51. The largest absolute Gasteiger partial charge is 0.477 e. The van der Waals surface area contributed by atoms with Crippen molar-refractivity contribution in [2.24, 2.45) is 11.8 Å². The summed E-state index contributed by atoms with van der Waals surface area (Å²) in [7, 11) is 0. The first kappa shape index (κ1) is 11.8. The van der Waals surface area contributed by atoms with Crippen LogP contribution in [0, 0.1) is 11.8 Å². The molecule has 0 aromatic carbocycles. The topological polar surface area (TPSA) is 74.7 Å². The van der Waals surface area contributed by atoms with Gasteiger partial charge in [-0.25, -0.2) is 9.69 Å². The van der Waals surface area contributed by atoms with E-state index in [0.717, 1.165) is 17.7 Å². The van der Waals surface area contributed by atoms with Gasteiger partial charge in [-0.3, -0.25) is 9.59 Å². The molecule has 1 N–H and O–H groups in total. The number of carboxylic acids is 1. The van der Waals surface area contributed by atoms with Gasteiger partial charge >= 0.3 is 5.97 Å². The fourth-order valence-electron chi connectivity index (χ4n) is 2.75. The third-order valence-corrected chi connectivity index (χ3v) is 3.57. The third kappa shape index (κ3) is 1.75. The Balaban J connectivity index is 2.33. The van der Waals surface area contributed by atoms with Gasteiger partial charge in [-0.2, -0.15) is 0 Å². The van der Waals surface area contributed by atoms with Crippen LogP contribution < -0.4 is 0 Å². The lowest BCUT2D eigenvalue weighted by Gasteiger charge is -2.19. The number of carboxylic acid groups (broad SMARTS) is 1. The smallest absolute Gasteiger partial charge is 0.352 e. The third-order valence-electron chi connectivity index (χ3n) is 3.57. The summed E-state index contributed by atoms with van der Waals surface area (Å²) in [5.41, 5.74) is -0.214. The van der Waals surface area contributed by atoms with Gasteiger partial charge in [0.15, 0.2) is 0 Å². The molecule has 2 fully saturated rings. The van der Waals surface area contributed by atoms with E-state index in [2.05, 4.69) is 0 Å². The van der Waals surface area contributed by atoms with Crippen molar-refractivity contribution in [1.82, 2.24) is 4.90 Å². The highest BCUT2D eigenvalue weighted by Gasteiger charge is 2.50. The number of rotatable bonds is 2. The van der Waals surface area contributed by atoms with Crippen LogP contribution >= 0.6 is 0 Å². The molecular weight excluding hydrogens is 222 g/mol. The molecule has 1 aliphatic carbocycles. The van der Waals surface area contributed by atoms with Crippen molar-refractivity contribution in [2.45, 2.75) is 32.6 Å². The molecule has 1 heterocycles. The fourth-order valence-corrected chi connectivity index (χ4v) is 2.75. The first-order valence-electron chi connectivity index (χ1n) is 5.85. The molecule has 92 valence electrons. The van der Waals surface area contributed by atoms with E-state index in [4.69, 9.17) is 5.11 Å². The standard InChI is InChI=1S/C12H15NO4/c1-2-9(12(16)17)13-10(14)7-5-3-4-6-8(7)11(13)15/h2,7-8H,3-6H2,1H3,(H,16,17)/b9-2-/t7-,8-/m0/s1. The highest BCUT2D eigenvalue weighted by atomic mass is 16.4. The highest BCUT2D eigenvalue weighted by Crippen LogP contribution is 2.39. The quantitative estimate of drug-likeness (QED) is 0.577. The van der Waals surface area contributed by atoms with Crippen LogP contribution in [0.4, 0.5) is 0 Å². The molecule has 0 aromatic rings. The lowest BCUT2D eigenvalue weighted by atomic mass is 9.81. The number of likely N-dealkylation sites (tertiary alicyclic amines) is 1. The number of allylic oxidation sites excluding steroid dienone is 1. The zero-order valence-electron chi connectivity index (χ0n) is 9.68. The van der Waals surface area contributed by atoms with Crippen LogP contribution in [0.1, 0.15) is 32.6 Å². The van der Waals surface area contributed by atoms with E-state index in [9.17, 15) is 14.4 Å². The van der Waals surface area contributed by atoms with Gasteiger partial charge in [0.25, 0.3) is 0 Å². The second kappa shape index (κ2) is 4.31. The van der Waals surface area contributed by atoms with Crippen molar-refractivity contribution in [1.29, 1.82) is 0 Å². The predicted octanol–water partition coefficient (Wildman–Crippen LogP) is 1.15. The Morgan fingerprint density at radius 3 is 2.06 bits per heavy atom. The summed E-state index contributed by atoms with van der Waals surface area (Å²) in [5, 5.41) is 8.99. The van der Waals surface area contributed by atoms with Crippen molar-refractivity contribution < 1.29 is 19.5 Å². The Morgan fingerprint density at radius 1 is 1.24 bits per heavy atom. The number of hydrogen-bond donors (Lipinski definition) is 1. The Kier molecular flexibility index (Phi) is 3.00. The van der Waals surface area contributed by atoms with Gasteiger partial charge < -0.3 is 5.11 Å². The highest BCUT2D eigenvalue weighted by molar-refractivity contribution is 6.11. The second-order valence-corrected chi connectivity index (χ2v) is 4.49. The molecule has 0 radical (unpaired) electrons. The van der Waals surface area contributed by atoms with E-state index in [1.807, 2.05) is 0 Å². The minimum absolute atomic E-state index is 0.214. The van der Waals surface area contributed by atoms with Gasteiger partial charge in [-0.1, -0.05) is 18.9 Å². The number of carbonyl (C=O) groups is 3. The van der Waals surface area contributed by atoms with Crippen LogP contribution in [0.25, 0.3) is 0 Å². The van der Waals surface area contributed by atoms with E-state index >= 15 is 0 Å². The van der Waals surface area contributed by atoms with E-state index in [1.54, 1.807) is 0 Å². The number of amides is 2. The van der Waals surface area contributed by atoms with Crippen LogP contribution in [0.15, 0.2) is 11.8 Å². The molecule has 5 nitrogen and oxygen atoms in total. The average molecular weight is 237 g/mol. The number of fused-ring (bicyclic) bond motifs is 1. The SMILES string of the molecule is C/C=C(/C(=O)O)N1C(=O)[C@H]2CCCC[C@@H]2C1=O. The summed E-state index contributed by atoms with van der Waals surface area (Å²) in [4.78, 5) is 36.0. The Hall–Kier alpha value is -1.65. The summed E-state index contributed by atoms with van der Waals surface area (Å²) in [6.07, 6.45) is 4.57. The molecule has 2 rings (SSSR count). The minimum atomic E-state index is -1.23. The molecule has 0 bridgehead atoms. The molecule has 1 aliphatic heterocycles. The van der Waals surface area contributed by atoms with Gasteiger partial charge in [0, 0.05) is 0 Å². The zero-order chi connectivity index (χ0) is 12.6. The fraction of sp³-hybridized carbons (Fsp3) is 0.583. The number of carbonyl (C=O) groups excluding carboxylic acids is 2. The Morgan fingerprint density at radius 2 is 1.71 bits per heavy atom. The van der Waals surface area contributed by atoms with Gasteiger partial charge in [0.1, 0.15) is 5.70 Å². The predicted molar refractivity (Wildman–Crippen MR) is 58.7 cm³/mol. The van der Waals surface area contributed by atoms with Crippen molar-refractivity contribution in [3.8, 4) is 0 Å². The van der Waals surface area contributed by atoms with E-state index in [1.165, 1.54) is 13.0 Å². The van der Waals surface area contributed by atoms with Crippen molar-refractivity contribution in [2.75, 3.05) is 0 Å². The summed E-state index contributed by atoms with van der Waals surface area (Å²) >= 11 is 0. The Bertz CT molecular complexity index is 389. The number of aliphatic carboxylic acids is 1. The summed E-state index contributed by atoms with van der Waals surface area (Å²) < 4.78 is 0. The maximum absolute atomic E-state index is 12.1. The normalized spacial score (nSPS) is 29.5. The summed E-state index contributed by atoms with van der Waals surface area (Å²) in [6, 6.07) is 0. The molecule has 1 saturated heterocycles. The molecule has 2 aliphatic rings. The monoisotopic (exact) mass is 237 g/mol. The van der Waals surface area contributed by atoms with Crippen LogP contribution in [0.5, 0.6) is 0 Å². The van der Waals surface area contributed by atoms with Gasteiger partial charge in [0.05, 0.1) is 11.8 Å². The van der Waals surface area contributed by atoms with Crippen molar-refractivity contribution in [3.63, 3.8) is 0 Å². The van der Waals surface area contributed by atoms with Gasteiger partial charge in [-0.15, -0.1) is 0 Å². The van der Waals surface area contributed by atoms with Crippen LogP contribution in [0.3, 0.4) is 0 Å². The van der Waals surface area contributed by atoms with E-state index in [-0.39, 0.29) is 29.3 Å². The van der Waals surface area contributed by atoms with Crippen LogP contribution in [-0.2, 0) is 14.4 Å². The van der Waals surface area contributed by atoms with Crippen LogP contribution in [-0.4, -0.2) is 27.8 Å². The maximum atomic E-state index is 12.1. The molecule has 2 atom stereocenters. The molecule has 5 heteroatoms. The second-order valence-electron chi connectivity index (χ2n) is 4.49. The molecule has 0 aromatic heterocycles. The zero-order valence-corrected chi connectivity index (χ0v) is 9.68. The van der Waals surface area contributed by atoms with Crippen LogP contribution in [0.2, 0.25) is 0 Å². The first-order valence-corrected chi connectivity index (χ1v) is 5.85. The molecule has 0 unspecified atom stereocenters. The first-order chi connectivity index (χ1) is 8.07. The van der Waals surface area contributed by atoms with Crippen molar-refractivity contribution in [3.05, 3.63) is 11.8 Å². The number of nitrogens with zero attached hydrogens (tertiary/aromatic N) is 1. The van der Waals surface area contributed by atoms with Gasteiger partial charge in [-0.05, 0) is 19.8 Å². The molecule has 17 heavy (non-hydrogen) atoms. The Labute approximate surface area is 99.1 Å². The molecule has 2 amide bonds. The van der Waals surface area contributed by atoms with E-state index in [0.29, 0.717) is 12.8 Å². The summed E-state index contributed by atoms with van der Waals surface area (Å²) in [6.45, 7) is 1.52. The minimum Gasteiger partial charge on any atom is -0.477 e. The lowest BCUT2D eigenvalue weighted by Crippen LogP contribution is -2.33. The number of hydrogen-bond acceptors (Lipinski definition) is 3. The molecular formula is C12H15NO4.